The Morgan fingerprint density at radius 1 is 1.25 bits per heavy atom. The fourth-order valence-electron chi connectivity index (χ4n) is 1.29. The molecule has 0 rings (SSSR count). The van der Waals surface area contributed by atoms with E-state index in [0.29, 0.717) is 0 Å². The van der Waals surface area contributed by atoms with Gasteiger partial charge in [0.2, 0.25) is 0 Å². The van der Waals surface area contributed by atoms with Gasteiger partial charge in [0, 0.05) is 0 Å². The largest absolute Gasteiger partial charge is 0.393 e. The zero-order chi connectivity index (χ0) is 9.40. The van der Waals surface area contributed by atoms with Crippen LogP contribution in [0.15, 0.2) is 0 Å². The summed E-state index contributed by atoms with van der Waals surface area (Å²) >= 11 is 0. The highest BCUT2D eigenvalue weighted by Gasteiger charge is 2.01. The summed E-state index contributed by atoms with van der Waals surface area (Å²) in [6.45, 7) is 6.50. The van der Waals surface area contributed by atoms with Crippen molar-refractivity contribution in [3.63, 3.8) is 0 Å². The topological polar surface area (TPSA) is 23.5 Å². The van der Waals surface area contributed by atoms with Crippen LogP contribution in [-0.4, -0.2) is 36.2 Å². The van der Waals surface area contributed by atoms with Crippen LogP contribution in [0.5, 0.6) is 0 Å². The monoisotopic (exact) mass is 173 g/mol. The molecule has 0 aromatic heterocycles. The van der Waals surface area contributed by atoms with Gasteiger partial charge in [0.1, 0.15) is 0 Å². The third-order valence-electron chi connectivity index (χ3n) is 2.15. The standard InChI is InChI=1S/C10H23NO/c1-4-8-11(3)9-6-7-10(12)5-2/h10,12H,4-9H2,1-3H3. The number of hydrogen-bond donors (Lipinski definition) is 1. The molecule has 1 N–H and O–H groups in total. The molecular weight excluding hydrogens is 150 g/mol. The van der Waals surface area contributed by atoms with Gasteiger partial charge in [-0.15, -0.1) is 0 Å². The Morgan fingerprint density at radius 2 is 1.92 bits per heavy atom. The van der Waals surface area contributed by atoms with E-state index in [0.717, 1.165) is 25.8 Å². The lowest BCUT2D eigenvalue weighted by atomic mass is 10.1. The predicted molar refractivity (Wildman–Crippen MR) is 53.3 cm³/mol. The van der Waals surface area contributed by atoms with E-state index in [1.807, 2.05) is 6.92 Å². The normalized spacial score (nSPS) is 13.8. The average Bonchev–Trinajstić information content (AvgIpc) is 2.04. The van der Waals surface area contributed by atoms with Gasteiger partial charge in [0.25, 0.3) is 0 Å². The molecule has 2 nitrogen and oxygen atoms in total. The second kappa shape index (κ2) is 7.56. The van der Waals surface area contributed by atoms with Crippen molar-refractivity contribution in [2.45, 2.75) is 45.6 Å². The maximum absolute atomic E-state index is 9.28. The van der Waals surface area contributed by atoms with E-state index < -0.39 is 0 Å². The first-order valence-electron chi connectivity index (χ1n) is 5.07. The minimum absolute atomic E-state index is 0.0833. The maximum Gasteiger partial charge on any atom is 0.0538 e. The van der Waals surface area contributed by atoms with Gasteiger partial charge in [-0.3, -0.25) is 0 Å². The van der Waals surface area contributed by atoms with Crippen LogP contribution in [0, 0.1) is 0 Å². The molecule has 0 saturated carbocycles. The Balaban J connectivity index is 3.18. The lowest BCUT2D eigenvalue weighted by molar-refractivity contribution is 0.152. The summed E-state index contributed by atoms with van der Waals surface area (Å²) in [5.74, 6) is 0. The highest BCUT2D eigenvalue weighted by atomic mass is 16.3. The van der Waals surface area contributed by atoms with Crippen molar-refractivity contribution >= 4 is 0 Å². The van der Waals surface area contributed by atoms with Gasteiger partial charge in [0.05, 0.1) is 6.10 Å². The highest BCUT2D eigenvalue weighted by Crippen LogP contribution is 2.01. The summed E-state index contributed by atoms with van der Waals surface area (Å²) < 4.78 is 0. The number of rotatable bonds is 7. The third-order valence-corrected chi connectivity index (χ3v) is 2.15. The van der Waals surface area contributed by atoms with Crippen molar-refractivity contribution in [3.8, 4) is 0 Å². The lowest BCUT2D eigenvalue weighted by Gasteiger charge is -2.16. The quantitative estimate of drug-likeness (QED) is 0.635. The van der Waals surface area contributed by atoms with Crippen LogP contribution in [0.2, 0.25) is 0 Å². The van der Waals surface area contributed by atoms with Crippen molar-refractivity contribution < 1.29 is 5.11 Å². The molecule has 0 aliphatic heterocycles. The first-order valence-corrected chi connectivity index (χ1v) is 5.07. The maximum atomic E-state index is 9.28. The number of aliphatic hydroxyl groups is 1. The Hall–Kier alpha value is -0.0800. The summed E-state index contributed by atoms with van der Waals surface area (Å²) in [6, 6.07) is 0. The molecule has 0 amide bonds. The molecule has 0 saturated heterocycles. The van der Waals surface area contributed by atoms with E-state index in [2.05, 4.69) is 18.9 Å². The van der Waals surface area contributed by atoms with Gasteiger partial charge in [-0.25, -0.2) is 0 Å². The summed E-state index contributed by atoms with van der Waals surface area (Å²) in [5.41, 5.74) is 0. The molecule has 0 radical (unpaired) electrons. The van der Waals surface area contributed by atoms with Crippen molar-refractivity contribution in [3.05, 3.63) is 0 Å². The van der Waals surface area contributed by atoms with E-state index >= 15 is 0 Å². The Morgan fingerprint density at radius 3 is 2.42 bits per heavy atom. The van der Waals surface area contributed by atoms with E-state index in [9.17, 15) is 5.11 Å². The molecule has 0 spiro atoms. The Kier molecular flexibility index (Phi) is 7.51. The summed E-state index contributed by atoms with van der Waals surface area (Å²) in [6.07, 6.45) is 4.08. The molecule has 12 heavy (non-hydrogen) atoms. The minimum Gasteiger partial charge on any atom is -0.393 e. The van der Waals surface area contributed by atoms with E-state index in [1.54, 1.807) is 0 Å². The third kappa shape index (κ3) is 6.62. The van der Waals surface area contributed by atoms with Crippen LogP contribution in [0.25, 0.3) is 0 Å². The molecule has 0 aromatic carbocycles. The summed E-state index contributed by atoms with van der Waals surface area (Å²) in [4.78, 5) is 2.32. The van der Waals surface area contributed by atoms with Crippen molar-refractivity contribution in [2.75, 3.05) is 20.1 Å². The molecule has 2 heteroatoms. The molecule has 0 aromatic rings. The lowest BCUT2D eigenvalue weighted by Crippen LogP contribution is -2.21. The van der Waals surface area contributed by atoms with E-state index in [1.165, 1.54) is 13.0 Å². The zero-order valence-electron chi connectivity index (χ0n) is 8.71. The summed E-state index contributed by atoms with van der Waals surface area (Å²) in [5, 5.41) is 9.28. The molecule has 0 aliphatic rings. The molecule has 0 bridgehead atoms. The smallest absolute Gasteiger partial charge is 0.0538 e. The average molecular weight is 173 g/mol. The molecular formula is C10H23NO. The van der Waals surface area contributed by atoms with Crippen LogP contribution in [0.1, 0.15) is 39.5 Å². The van der Waals surface area contributed by atoms with Crippen molar-refractivity contribution in [1.29, 1.82) is 0 Å². The van der Waals surface area contributed by atoms with Gasteiger partial charge in [0.15, 0.2) is 0 Å². The van der Waals surface area contributed by atoms with Crippen LogP contribution in [-0.2, 0) is 0 Å². The second-order valence-corrected chi connectivity index (χ2v) is 3.51. The zero-order valence-corrected chi connectivity index (χ0v) is 8.71. The molecule has 0 fully saturated rings. The van der Waals surface area contributed by atoms with Gasteiger partial charge >= 0.3 is 0 Å². The van der Waals surface area contributed by atoms with Crippen LogP contribution in [0.4, 0.5) is 0 Å². The number of aliphatic hydroxyl groups excluding tert-OH is 1. The fraction of sp³-hybridized carbons (Fsp3) is 1.00. The minimum atomic E-state index is -0.0833. The Bertz CT molecular complexity index is 95.8. The number of nitrogens with zero attached hydrogens (tertiary/aromatic N) is 1. The SMILES string of the molecule is CCCN(C)CCCC(O)CC. The van der Waals surface area contributed by atoms with Crippen LogP contribution in [0.3, 0.4) is 0 Å². The van der Waals surface area contributed by atoms with Crippen molar-refractivity contribution in [1.82, 2.24) is 4.90 Å². The van der Waals surface area contributed by atoms with Gasteiger partial charge in [-0.05, 0) is 45.8 Å². The molecule has 0 heterocycles. The molecule has 1 atom stereocenters. The van der Waals surface area contributed by atoms with Gasteiger partial charge < -0.3 is 10.0 Å². The first kappa shape index (κ1) is 11.9. The fourth-order valence-corrected chi connectivity index (χ4v) is 1.29. The van der Waals surface area contributed by atoms with Crippen LogP contribution < -0.4 is 0 Å². The Labute approximate surface area is 76.6 Å². The number of hydrogen-bond acceptors (Lipinski definition) is 2. The molecule has 0 aliphatic carbocycles. The second-order valence-electron chi connectivity index (χ2n) is 3.51. The van der Waals surface area contributed by atoms with E-state index in [-0.39, 0.29) is 6.10 Å². The predicted octanol–water partition coefficient (Wildman–Crippen LogP) is 1.88. The molecule has 74 valence electrons. The van der Waals surface area contributed by atoms with E-state index in [4.69, 9.17) is 0 Å². The highest BCUT2D eigenvalue weighted by molar-refractivity contribution is 4.56. The van der Waals surface area contributed by atoms with Gasteiger partial charge in [-0.2, -0.15) is 0 Å². The molecule has 1 unspecified atom stereocenters. The van der Waals surface area contributed by atoms with Crippen molar-refractivity contribution in [2.24, 2.45) is 0 Å². The summed E-state index contributed by atoms with van der Waals surface area (Å²) in [7, 11) is 2.14. The van der Waals surface area contributed by atoms with Crippen LogP contribution >= 0.6 is 0 Å². The van der Waals surface area contributed by atoms with Gasteiger partial charge in [-0.1, -0.05) is 13.8 Å². The first-order chi connectivity index (χ1) is 5.70.